The Morgan fingerprint density at radius 3 is 2.74 bits per heavy atom. The number of pyridine rings is 1. The monoisotopic (exact) mass is 356 g/mol. The van der Waals surface area contributed by atoms with Crippen LogP contribution >= 0.6 is 0 Å². The minimum Gasteiger partial charge on any atom is -0.340 e. The molecular weight excluding hydrogens is 336 g/mol. The predicted octanol–water partition coefficient (Wildman–Crippen LogP) is 4.82. The summed E-state index contributed by atoms with van der Waals surface area (Å²) in [5.74, 6) is 0.355. The zero-order valence-corrected chi connectivity index (χ0v) is 15.3. The third-order valence-electron chi connectivity index (χ3n) is 4.26. The Hall–Kier alpha value is -3.65. The highest BCUT2D eigenvalue weighted by atomic mass is 16.1. The second-order valence-electron chi connectivity index (χ2n) is 6.16. The van der Waals surface area contributed by atoms with Crippen LogP contribution < -0.4 is 10.6 Å². The van der Waals surface area contributed by atoms with Gasteiger partial charge in [-0.25, -0.2) is 4.98 Å². The molecule has 3 aromatic rings. The highest BCUT2D eigenvalue weighted by Gasteiger charge is 2.10. The zero-order chi connectivity index (χ0) is 19.2. The van der Waals surface area contributed by atoms with Gasteiger partial charge in [0.25, 0.3) is 5.91 Å². The molecule has 1 aromatic heterocycles. The quantitative estimate of drug-likeness (QED) is 0.687. The van der Waals surface area contributed by atoms with E-state index < -0.39 is 0 Å². The van der Waals surface area contributed by atoms with E-state index in [4.69, 9.17) is 5.26 Å². The predicted molar refractivity (Wildman–Crippen MR) is 107 cm³/mol. The summed E-state index contributed by atoms with van der Waals surface area (Å²) in [5.41, 5.74) is 4.90. The Morgan fingerprint density at radius 2 is 1.96 bits per heavy atom. The fourth-order valence-electron chi connectivity index (χ4n) is 2.84. The Labute approximate surface area is 158 Å². The largest absolute Gasteiger partial charge is 0.340 e. The number of nitriles is 1. The summed E-state index contributed by atoms with van der Waals surface area (Å²) >= 11 is 0. The second-order valence-corrected chi connectivity index (χ2v) is 6.16. The van der Waals surface area contributed by atoms with Crippen molar-refractivity contribution in [3.8, 4) is 6.07 Å². The van der Waals surface area contributed by atoms with Crippen LogP contribution in [0.25, 0.3) is 0 Å². The number of rotatable bonds is 5. The van der Waals surface area contributed by atoms with Gasteiger partial charge in [0, 0.05) is 23.1 Å². The third-order valence-corrected chi connectivity index (χ3v) is 4.26. The lowest BCUT2D eigenvalue weighted by molar-refractivity contribution is 0.102. The van der Waals surface area contributed by atoms with Crippen molar-refractivity contribution >= 4 is 23.1 Å². The van der Waals surface area contributed by atoms with E-state index >= 15 is 0 Å². The number of para-hydroxylation sites is 1. The third kappa shape index (κ3) is 4.31. The van der Waals surface area contributed by atoms with Gasteiger partial charge in [-0.05, 0) is 54.8 Å². The molecule has 0 saturated carbocycles. The lowest BCUT2D eigenvalue weighted by Gasteiger charge is -2.14. The fourth-order valence-corrected chi connectivity index (χ4v) is 2.84. The first-order valence-corrected chi connectivity index (χ1v) is 8.73. The van der Waals surface area contributed by atoms with E-state index in [9.17, 15) is 4.79 Å². The van der Waals surface area contributed by atoms with Crippen LogP contribution in [0.2, 0.25) is 0 Å². The summed E-state index contributed by atoms with van der Waals surface area (Å²) in [5, 5.41) is 15.1. The van der Waals surface area contributed by atoms with E-state index in [1.807, 2.05) is 19.1 Å². The number of carbonyl (C=O) groups is 1. The highest BCUT2D eigenvalue weighted by molar-refractivity contribution is 6.04. The number of benzene rings is 2. The molecule has 5 heteroatoms. The topological polar surface area (TPSA) is 77.8 Å². The number of hydrogen-bond acceptors (Lipinski definition) is 4. The van der Waals surface area contributed by atoms with Crippen LogP contribution in [0.3, 0.4) is 0 Å². The molecule has 1 amide bonds. The summed E-state index contributed by atoms with van der Waals surface area (Å²) in [4.78, 5) is 16.9. The summed E-state index contributed by atoms with van der Waals surface area (Å²) < 4.78 is 0. The summed E-state index contributed by atoms with van der Waals surface area (Å²) in [6.45, 7) is 4.15. The number of nitrogens with one attached hydrogen (secondary N) is 2. The van der Waals surface area contributed by atoms with Crippen molar-refractivity contribution in [3.63, 3.8) is 0 Å². The van der Waals surface area contributed by atoms with Gasteiger partial charge < -0.3 is 10.6 Å². The van der Waals surface area contributed by atoms with Crippen LogP contribution in [0, 0.1) is 18.3 Å². The molecule has 0 aliphatic carbocycles. The first kappa shape index (κ1) is 18.2. The van der Waals surface area contributed by atoms with Gasteiger partial charge >= 0.3 is 0 Å². The number of hydrogen-bond donors (Lipinski definition) is 2. The minimum atomic E-state index is -0.254. The van der Waals surface area contributed by atoms with Gasteiger partial charge in [0.2, 0.25) is 0 Å². The average molecular weight is 356 g/mol. The van der Waals surface area contributed by atoms with Crippen molar-refractivity contribution in [1.29, 1.82) is 5.26 Å². The first-order valence-electron chi connectivity index (χ1n) is 8.73. The molecule has 0 fully saturated rings. The molecule has 2 aromatic carbocycles. The molecule has 3 rings (SSSR count). The molecule has 2 N–H and O–H groups in total. The Bertz CT molecular complexity index is 1020. The normalized spacial score (nSPS) is 10.1. The molecule has 0 bridgehead atoms. The number of aromatic nitrogens is 1. The molecule has 27 heavy (non-hydrogen) atoms. The van der Waals surface area contributed by atoms with E-state index in [1.54, 1.807) is 42.6 Å². The van der Waals surface area contributed by atoms with Gasteiger partial charge in [-0.2, -0.15) is 5.26 Å². The van der Waals surface area contributed by atoms with Crippen LogP contribution in [-0.2, 0) is 6.42 Å². The number of carbonyl (C=O) groups excluding carboxylic acids is 1. The minimum absolute atomic E-state index is 0.254. The van der Waals surface area contributed by atoms with Crippen LogP contribution in [0.5, 0.6) is 0 Å². The smallest absolute Gasteiger partial charge is 0.255 e. The maximum atomic E-state index is 12.6. The van der Waals surface area contributed by atoms with Crippen LogP contribution in [0.1, 0.15) is 34.0 Å². The lowest BCUT2D eigenvalue weighted by Crippen LogP contribution is -2.12. The molecule has 0 spiro atoms. The Balaban J connectivity index is 1.81. The number of amides is 1. The lowest BCUT2D eigenvalue weighted by atomic mass is 10.1. The van der Waals surface area contributed by atoms with Gasteiger partial charge in [-0.15, -0.1) is 0 Å². The summed E-state index contributed by atoms with van der Waals surface area (Å²) in [6, 6.07) is 18.4. The fraction of sp³-hybridized carbons (Fsp3) is 0.136. The Kier molecular flexibility index (Phi) is 5.48. The summed E-state index contributed by atoms with van der Waals surface area (Å²) in [7, 11) is 0. The highest BCUT2D eigenvalue weighted by Crippen LogP contribution is 2.25. The van der Waals surface area contributed by atoms with Crippen molar-refractivity contribution < 1.29 is 4.79 Å². The van der Waals surface area contributed by atoms with Crippen molar-refractivity contribution in [2.75, 3.05) is 10.6 Å². The van der Waals surface area contributed by atoms with E-state index in [1.165, 1.54) is 5.56 Å². The van der Waals surface area contributed by atoms with Crippen molar-refractivity contribution in [2.24, 2.45) is 0 Å². The van der Waals surface area contributed by atoms with Gasteiger partial charge in [-0.3, -0.25) is 4.79 Å². The van der Waals surface area contributed by atoms with Gasteiger partial charge in [0.1, 0.15) is 5.82 Å². The van der Waals surface area contributed by atoms with Crippen molar-refractivity contribution in [1.82, 2.24) is 4.98 Å². The number of nitrogens with zero attached hydrogens (tertiary/aromatic N) is 2. The zero-order valence-electron chi connectivity index (χ0n) is 15.3. The molecule has 0 radical (unpaired) electrons. The van der Waals surface area contributed by atoms with Crippen LogP contribution in [0.4, 0.5) is 17.2 Å². The van der Waals surface area contributed by atoms with E-state index in [-0.39, 0.29) is 5.91 Å². The second kappa shape index (κ2) is 8.15. The van der Waals surface area contributed by atoms with Gasteiger partial charge in [0.15, 0.2) is 0 Å². The van der Waals surface area contributed by atoms with Gasteiger partial charge in [0.05, 0.1) is 11.6 Å². The SMILES string of the molecule is CCc1cccc(C)c1Nc1cc(C(=O)Nc2cccc(C#N)c2)ccn1. The van der Waals surface area contributed by atoms with Crippen molar-refractivity contribution in [3.05, 3.63) is 83.0 Å². The molecule has 0 aliphatic heterocycles. The van der Waals surface area contributed by atoms with Crippen molar-refractivity contribution in [2.45, 2.75) is 20.3 Å². The van der Waals surface area contributed by atoms with E-state index in [0.717, 1.165) is 17.7 Å². The molecule has 0 aliphatic rings. The van der Waals surface area contributed by atoms with E-state index in [0.29, 0.717) is 22.6 Å². The Morgan fingerprint density at radius 1 is 1.15 bits per heavy atom. The first-order chi connectivity index (χ1) is 13.1. The molecular formula is C22H20N4O. The van der Waals surface area contributed by atoms with Crippen LogP contribution in [0.15, 0.2) is 60.8 Å². The number of aryl methyl sites for hydroxylation is 2. The van der Waals surface area contributed by atoms with Gasteiger partial charge in [-0.1, -0.05) is 31.2 Å². The average Bonchev–Trinajstić information content (AvgIpc) is 2.70. The number of anilines is 3. The molecule has 0 atom stereocenters. The summed E-state index contributed by atoms with van der Waals surface area (Å²) in [6.07, 6.45) is 2.51. The maximum absolute atomic E-state index is 12.6. The standard InChI is InChI=1S/C22H20N4O/c1-3-17-8-4-6-15(2)21(17)26-20-13-18(10-11-24-20)22(27)25-19-9-5-7-16(12-19)14-23/h4-13H,3H2,1-2H3,(H,24,26)(H,25,27). The molecule has 0 saturated heterocycles. The molecule has 1 heterocycles. The molecule has 134 valence electrons. The molecule has 0 unspecified atom stereocenters. The molecule has 5 nitrogen and oxygen atoms in total. The van der Waals surface area contributed by atoms with Crippen LogP contribution in [-0.4, -0.2) is 10.9 Å². The maximum Gasteiger partial charge on any atom is 0.255 e. The van der Waals surface area contributed by atoms with E-state index in [2.05, 4.69) is 34.7 Å².